The van der Waals surface area contributed by atoms with Crippen LogP contribution < -0.4 is 10.1 Å². The molecule has 0 unspecified atom stereocenters. The van der Waals surface area contributed by atoms with E-state index >= 15 is 0 Å². The molecule has 0 bridgehead atoms. The van der Waals surface area contributed by atoms with E-state index in [-0.39, 0.29) is 33.8 Å². The van der Waals surface area contributed by atoms with Gasteiger partial charge in [0.2, 0.25) is 0 Å². The summed E-state index contributed by atoms with van der Waals surface area (Å²) in [4.78, 5) is 60.8. The van der Waals surface area contributed by atoms with E-state index in [0.717, 1.165) is 19.1 Å². The summed E-state index contributed by atoms with van der Waals surface area (Å²) in [5, 5.41) is 13.5. The molecule has 0 fully saturated rings. The first kappa shape index (κ1) is 22.6. The van der Waals surface area contributed by atoms with Crippen LogP contribution in [-0.2, 0) is 4.79 Å². The van der Waals surface area contributed by atoms with Crippen LogP contribution in [-0.4, -0.2) is 40.1 Å². The molecule has 32 heavy (non-hydrogen) atoms. The fraction of sp³-hybridized carbons (Fsp3) is 0.273. The number of carbonyl (C=O) groups is 4. The van der Waals surface area contributed by atoms with Crippen molar-refractivity contribution >= 4 is 35.1 Å². The molecule has 3 rings (SSSR count). The largest absolute Gasteiger partial charge is 0.424 e. The molecule has 0 saturated heterocycles. The third-order valence-corrected chi connectivity index (χ3v) is 4.84. The van der Waals surface area contributed by atoms with Gasteiger partial charge in [-0.3, -0.25) is 34.2 Å². The van der Waals surface area contributed by atoms with Crippen LogP contribution in [0.25, 0.3) is 0 Å². The molecular formula is C22H21N3O7. The van der Waals surface area contributed by atoms with E-state index in [0.29, 0.717) is 18.9 Å². The van der Waals surface area contributed by atoms with Crippen LogP contribution in [0, 0.1) is 16.0 Å². The van der Waals surface area contributed by atoms with Crippen molar-refractivity contribution in [3.8, 4) is 5.75 Å². The number of non-ortho nitro benzene ring substituents is 1. The molecule has 3 amide bonds. The maximum Gasteiger partial charge on any atom is 0.308 e. The highest BCUT2D eigenvalue weighted by atomic mass is 16.6. The Kier molecular flexibility index (Phi) is 6.33. The van der Waals surface area contributed by atoms with Gasteiger partial charge in [0, 0.05) is 25.1 Å². The number of benzene rings is 2. The number of imide groups is 1. The molecule has 0 saturated carbocycles. The van der Waals surface area contributed by atoms with Crippen LogP contribution in [0.2, 0.25) is 0 Å². The Bertz CT molecular complexity index is 1140. The summed E-state index contributed by atoms with van der Waals surface area (Å²) < 4.78 is 4.97. The number of esters is 1. The zero-order chi connectivity index (χ0) is 23.6. The molecule has 1 heterocycles. The predicted octanol–water partition coefficient (Wildman–Crippen LogP) is 3.41. The number of nitrogens with one attached hydrogen (secondary N) is 1. The summed E-state index contributed by atoms with van der Waals surface area (Å²) in [5.41, 5.74) is 0.184. The van der Waals surface area contributed by atoms with Crippen LogP contribution in [0.5, 0.6) is 5.75 Å². The molecule has 1 N–H and O–H groups in total. The van der Waals surface area contributed by atoms with Crippen molar-refractivity contribution < 1.29 is 28.8 Å². The van der Waals surface area contributed by atoms with E-state index in [1.165, 1.54) is 29.2 Å². The number of amides is 3. The summed E-state index contributed by atoms with van der Waals surface area (Å²) in [6.07, 6.45) is 0.665. The lowest BCUT2D eigenvalue weighted by Crippen LogP contribution is -2.31. The lowest BCUT2D eigenvalue weighted by atomic mass is 10.1. The minimum Gasteiger partial charge on any atom is -0.424 e. The molecular weight excluding hydrogens is 418 g/mol. The van der Waals surface area contributed by atoms with Gasteiger partial charge >= 0.3 is 5.97 Å². The van der Waals surface area contributed by atoms with Crippen LogP contribution in [0.15, 0.2) is 36.4 Å². The van der Waals surface area contributed by atoms with Crippen LogP contribution in [0.3, 0.4) is 0 Å². The SMILES string of the molecule is CC(=O)Oc1cc([N+](=O)[O-])ccc1NC(=O)c1ccc2c(c1)C(=O)N(CCC(C)C)C2=O. The second-order valence-corrected chi connectivity index (χ2v) is 7.69. The van der Waals surface area contributed by atoms with Gasteiger partial charge in [0.05, 0.1) is 27.8 Å². The first-order valence-electron chi connectivity index (χ1n) is 9.87. The Morgan fingerprint density at radius 3 is 2.41 bits per heavy atom. The van der Waals surface area contributed by atoms with E-state index in [4.69, 9.17) is 4.74 Å². The van der Waals surface area contributed by atoms with Gasteiger partial charge in [-0.05, 0) is 36.6 Å². The molecule has 0 spiro atoms. The number of hydrogen-bond donors (Lipinski definition) is 1. The Morgan fingerprint density at radius 1 is 1.09 bits per heavy atom. The number of ether oxygens (including phenoxy) is 1. The average molecular weight is 439 g/mol. The Balaban J connectivity index is 1.85. The molecule has 0 aromatic heterocycles. The van der Waals surface area contributed by atoms with Gasteiger partial charge in [-0.2, -0.15) is 0 Å². The van der Waals surface area contributed by atoms with Crippen LogP contribution >= 0.6 is 0 Å². The summed E-state index contributed by atoms with van der Waals surface area (Å²) >= 11 is 0. The number of nitro groups is 1. The van der Waals surface area contributed by atoms with E-state index in [9.17, 15) is 29.3 Å². The monoisotopic (exact) mass is 439 g/mol. The molecule has 0 aliphatic carbocycles. The number of hydrogen-bond acceptors (Lipinski definition) is 7. The number of anilines is 1. The number of carbonyl (C=O) groups excluding carboxylic acids is 4. The minimum absolute atomic E-state index is 0.0391. The second-order valence-electron chi connectivity index (χ2n) is 7.69. The quantitative estimate of drug-likeness (QED) is 0.229. The van der Waals surface area contributed by atoms with Crippen LogP contribution in [0.4, 0.5) is 11.4 Å². The smallest absolute Gasteiger partial charge is 0.308 e. The van der Waals surface area contributed by atoms with Gasteiger partial charge in [0.15, 0.2) is 5.75 Å². The predicted molar refractivity (Wildman–Crippen MR) is 114 cm³/mol. The van der Waals surface area contributed by atoms with E-state index in [1.54, 1.807) is 0 Å². The van der Waals surface area contributed by atoms with Crippen molar-refractivity contribution in [1.82, 2.24) is 4.90 Å². The Labute approximate surface area is 183 Å². The van der Waals surface area contributed by atoms with Crippen LogP contribution in [0.1, 0.15) is 58.3 Å². The van der Waals surface area contributed by atoms with Gasteiger partial charge < -0.3 is 10.1 Å². The first-order chi connectivity index (χ1) is 15.1. The maximum absolute atomic E-state index is 12.8. The Morgan fingerprint density at radius 2 is 1.78 bits per heavy atom. The topological polar surface area (TPSA) is 136 Å². The molecule has 166 valence electrons. The van der Waals surface area contributed by atoms with Gasteiger partial charge in [0.1, 0.15) is 0 Å². The van der Waals surface area contributed by atoms with Crippen molar-refractivity contribution in [3.05, 3.63) is 63.2 Å². The molecule has 0 atom stereocenters. The molecule has 10 nitrogen and oxygen atoms in total. The number of nitrogens with zero attached hydrogens (tertiary/aromatic N) is 2. The molecule has 10 heteroatoms. The Hall–Kier alpha value is -4.08. The lowest BCUT2D eigenvalue weighted by Gasteiger charge is -2.14. The molecule has 1 aliphatic rings. The van der Waals surface area contributed by atoms with Gasteiger partial charge in [-0.15, -0.1) is 0 Å². The third kappa shape index (κ3) is 4.64. The zero-order valence-electron chi connectivity index (χ0n) is 17.7. The summed E-state index contributed by atoms with van der Waals surface area (Å²) in [6, 6.07) is 7.57. The van der Waals surface area contributed by atoms with Gasteiger partial charge in [-0.1, -0.05) is 13.8 Å². The maximum atomic E-state index is 12.8. The van der Waals surface area contributed by atoms with E-state index < -0.39 is 28.6 Å². The van der Waals surface area contributed by atoms with E-state index in [1.807, 2.05) is 13.8 Å². The normalized spacial score (nSPS) is 12.7. The van der Waals surface area contributed by atoms with Gasteiger partial charge in [-0.25, -0.2) is 0 Å². The standard InChI is InChI=1S/C22H21N3O7/c1-12(2)8-9-24-21(28)16-6-4-14(10-17(16)22(24)29)20(27)23-18-7-5-15(25(30)31)11-19(18)32-13(3)26/h4-7,10-12H,8-9H2,1-3H3,(H,23,27). The number of fused-ring (bicyclic) bond motifs is 1. The van der Waals surface area contributed by atoms with E-state index in [2.05, 4.69) is 5.32 Å². The summed E-state index contributed by atoms with van der Waals surface area (Å²) in [5.74, 6) is -2.09. The summed E-state index contributed by atoms with van der Waals surface area (Å²) in [7, 11) is 0. The fourth-order valence-corrected chi connectivity index (χ4v) is 3.18. The average Bonchev–Trinajstić information content (AvgIpc) is 2.96. The molecule has 0 radical (unpaired) electrons. The number of nitro benzene ring substituents is 1. The molecule has 1 aliphatic heterocycles. The summed E-state index contributed by atoms with van der Waals surface area (Å²) in [6.45, 7) is 5.39. The van der Waals surface area contributed by atoms with Crippen molar-refractivity contribution in [2.24, 2.45) is 5.92 Å². The lowest BCUT2D eigenvalue weighted by molar-refractivity contribution is -0.384. The highest BCUT2D eigenvalue weighted by Crippen LogP contribution is 2.31. The zero-order valence-corrected chi connectivity index (χ0v) is 17.7. The first-order valence-corrected chi connectivity index (χ1v) is 9.87. The molecule has 2 aromatic rings. The van der Waals surface area contributed by atoms with Crippen molar-refractivity contribution in [3.63, 3.8) is 0 Å². The third-order valence-electron chi connectivity index (χ3n) is 4.84. The molecule has 2 aromatic carbocycles. The second kappa shape index (κ2) is 8.96. The van der Waals surface area contributed by atoms with Crippen molar-refractivity contribution in [2.45, 2.75) is 27.2 Å². The van der Waals surface area contributed by atoms with Crippen molar-refractivity contribution in [2.75, 3.05) is 11.9 Å². The minimum atomic E-state index is -0.718. The highest BCUT2D eigenvalue weighted by molar-refractivity contribution is 6.22. The van der Waals surface area contributed by atoms with Gasteiger partial charge in [0.25, 0.3) is 23.4 Å². The van der Waals surface area contributed by atoms with Crippen molar-refractivity contribution in [1.29, 1.82) is 0 Å². The highest BCUT2D eigenvalue weighted by Gasteiger charge is 2.35. The fourth-order valence-electron chi connectivity index (χ4n) is 3.18. The number of rotatable bonds is 7.